The van der Waals surface area contributed by atoms with E-state index >= 15 is 0 Å². The number of nitrogens with zero attached hydrogens (tertiary/aromatic N) is 6. The molecule has 2 aliphatic rings. The Bertz CT molecular complexity index is 1530. The third-order valence-corrected chi connectivity index (χ3v) is 8.23. The van der Waals surface area contributed by atoms with Crippen LogP contribution in [0.25, 0.3) is 22.3 Å². The van der Waals surface area contributed by atoms with Crippen molar-refractivity contribution in [3.8, 4) is 22.8 Å². The number of nitrogen functional groups attached to an aromatic ring is 1. The van der Waals surface area contributed by atoms with Gasteiger partial charge in [-0.2, -0.15) is 5.10 Å². The smallest absolute Gasteiger partial charge is 0.246 e. The van der Waals surface area contributed by atoms with Gasteiger partial charge in [0.1, 0.15) is 29.3 Å². The number of nitrogens with two attached hydrogens (primary N) is 1. The number of benzene rings is 2. The largest absolute Gasteiger partial charge is 0.457 e. The van der Waals surface area contributed by atoms with Crippen LogP contribution in [0.5, 0.6) is 11.5 Å². The molecule has 212 valence electrons. The molecule has 3 heterocycles. The number of likely N-dealkylation sites (tertiary alicyclic amines) is 1. The predicted molar refractivity (Wildman–Crippen MR) is 161 cm³/mol. The number of hydrogen-bond acceptors (Lipinski definition) is 7. The van der Waals surface area contributed by atoms with Crippen LogP contribution in [0.15, 0.2) is 73.1 Å². The molecule has 0 radical (unpaired) electrons. The minimum atomic E-state index is 0.000672. The summed E-state index contributed by atoms with van der Waals surface area (Å²) in [5, 5.41) is 5.70. The lowest BCUT2D eigenvalue weighted by Crippen LogP contribution is -2.44. The van der Waals surface area contributed by atoms with E-state index in [4.69, 9.17) is 15.6 Å². The molecule has 9 heteroatoms. The lowest BCUT2D eigenvalue weighted by Gasteiger charge is -2.39. The van der Waals surface area contributed by atoms with Crippen molar-refractivity contribution in [2.24, 2.45) is 0 Å². The first-order chi connectivity index (χ1) is 20.0. The number of rotatable bonds is 9. The van der Waals surface area contributed by atoms with Gasteiger partial charge in [-0.1, -0.05) is 30.7 Å². The maximum atomic E-state index is 13.1. The Hall–Kier alpha value is -4.24. The SMILES string of the molecule is CC(C)N(CC=CC(=O)N1CC[C@@H](n2nc(-c3ccc(Oc4ccccc4)cc3)c3c(N)ncnc32)C1)C1CCC1. The van der Waals surface area contributed by atoms with Crippen molar-refractivity contribution in [3.63, 3.8) is 0 Å². The number of anilines is 1. The molecule has 1 aliphatic heterocycles. The van der Waals surface area contributed by atoms with Crippen LogP contribution < -0.4 is 10.5 Å². The normalized spacial score (nSPS) is 17.7. The molecule has 1 aliphatic carbocycles. The molecule has 2 N–H and O–H groups in total. The molecule has 41 heavy (non-hydrogen) atoms. The van der Waals surface area contributed by atoms with Crippen LogP contribution in [-0.4, -0.2) is 67.2 Å². The van der Waals surface area contributed by atoms with Crippen LogP contribution in [0.3, 0.4) is 0 Å². The standard InChI is InChI=1S/C32H37N7O2/c1-22(2)38(24-8-6-9-24)18-7-12-28(40)37-19-17-25(20-37)39-32-29(31(33)34-21-35-32)30(36-39)23-13-15-27(16-14-23)41-26-10-4-3-5-11-26/h3-5,7,10-16,21-22,24-25H,6,8-9,17-20H2,1-2H3,(H2,33,34,35)/t25-/m1/s1. The molecule has 2 aromatic carbocycles. The van der Waals surface area contributed by atoms with Gasteiger partial charge in [0.15, 0.2) is 5.65 Å². The second kappa shape index (κ2) is 11.7. The van der Waals surface area contributed by atoms with E-state index < -0.39 is 0 Å². The summed E-state index contributed by atoms with van der Waals surface area (Å²) in [4.78, 5) is 26.3. The fourth-order valence-corrected chi connectivity index (χ4v) is 5.78. The third-order valence-electron chi connectivity index (χ3n) is 8.23. The number of hydrogen-bond donors (Lipinski definition) is 1. The van der Waals surface area contributed by atoms with Crippen LogP contribution in [0.1, 0.15) is 45.6 Å². The number of aromatic nitrogens is 4. The maximum Gasteiger partial charge on any atom is 0.246 e. The van der Waals surface area contributed by atoms with Gasteiger partial charge in [-0.15, -0.1) is 0 Å². The van der Waals surface area contributed by atoms with Gasteiger partial charge in [-0.3, -0.25) is 9.69 Å². The first-order valence-corrected chi connectivity index (χ1v) is 14.5. The summed E-state index contributed by atoms with van der Waals surface area (Å²) in [6, 6.07) is 18.6. The number of carbonyl (C=O) groups is 1. The molecule has 1 saturated carbocycles. The molecule has 1 amide bonds. The average Bonchev–Trinajstić information content (AvgIpc) is 3.59. The zero-order chi connectivity index (χ0) is 28.3. The van der Waals surface area contributed by atoms with Crippen LogP contribution in [0.4, 0.5) is 5.82 Å². The quantitative estimate of drug-likeness (QED) is 0.276. The van der Waals surface area contributed by atoms with E-state index in [9.17, 15) is 4.79 Å². The van der Waals surface area contributed by atoms with Gasteiger partial charge in [0.05, 0.1) is 11.4 Å². The first-order valence-electron chi connectivity index (χ1n) is 14.5. The molecule has 4 aromatic rings. The van der Waals surface area contributed by atoms with Crippen molar-refractivity contribution < 1.29 is 9.53 Å². The molecule has 2 fully saturated rings. The Kier molecular flexibility index (Phi) is 7.69. The lowest BCUT2D eigenvalue weighted by atomic mass is 9.90. The Morgan fingerprint density at radius 2 is 1.83 bits per heavy atom. The zero-order valence-corrected chi connectivity index (χ0v) is 23.7. The number of ether oxygens (including phenoxy) is 1. The summed E-state index contributed by atoms with van der Waals surface area (Å²) >= 11 is 0. The average molecular weight is 552 g/mol. The second-order valence-electron chi connectivity index (χ2n) is 11.2. The van der Waals surface area contributed by atoms with Gasteiger partial charge in [0.2, 0.25) is 5.91 Å². The van der Waals surface area contributed by atoms with Crippen molar-refractivity contribution >= 4 is 22.8 Å². The molecular weight excluding hydrogens is 514 g/mol. The fourth-order valence-electron chi connectivity index (χ4n) is 5.78. The van der Waals surface area contributed by atoms with Gasteiger partial charge >= 0.3 is 0 Å². The summed E-state index contributed by atoms with van der Waals surface area (Å²) in [6.45, 7) is 6.51. The van der Waals surface area contributed by atoms with E-state index in [-0.39, 0.29) is 11.9 Å². The number of fused-ring (bicyclic) bond motifs is 1. The maximum absolute atomic E-state index is 13.1. The molecule has 0 unspecified atom stereocenters. The molecule has 6 rings (SSSR count). The highest BCUT2D eigenvalue weighted by Gasteiger charge is 2.30. The third kappa shape index (κ3) is 5.67. The molecule has 2 aromatic heterocycles. The summed E-state index contributed by atoms with van der Waals surface area (Å²) in [6.07, 6.45) is 9.85. The molecule has 0 spiro atoms. The minimum absolute atomic E-state index is 0.000672. The van der Waals surface area contributed by atoms with Gasteiger partial charge in [-0.25, -0.2) is 14.6 Å². The second-order valence-corrected chi connectivity index (χ2v) is 11.2. The topological polar surface area (TPSA) is 102 Å². The highest BCUT2D eigenvalue weighted by atomic mass is 16.5. The highest BCUT2D eigenvalue weighted by molar-refractivity contribution is 5.98. The van der Waals surface area contributed by atoms with E-state index in [2.05, 4.69) is 28.7 Å². The van der Waals surface area contributed by atoms with E-state index in [1.807, 2.05) is 70.3 Å². The van der Waals surface area contributed by atoms with E-state index in [1.165, 1.54) is 25.6 Å². The number of carbonyl (C=O) groups excluding carboxylic acids is 1. The minimum Gasteiger partial charge on any atom is -0.457 e. The Balaban J connectivity index is 1.18. The Labute approximate surface area is 240 Å². The van der Waals surface area contributed by atoms with Gasteiger partial charge in [0.25, 0.3) is 0 Å². The van der Waals surface area contributed by atoms with Gasteiger partial charge < -0.3 is 15.4 Å². The Morgan fingerprint density at radius 1 is 1.07 bits per heavy atom. The molecule has 0 bridgehead atoms. The molecule has 1 saturated heterocycles. The molecular formula is C32H37N7O2. The van der Waals surface area contributed by atoms with E-state index in [0.717, 1.165) is 41.1 Å². The first kappa shape index (κ1) is 27.0. The Morgan fingerprint density at radius 3 is 2.54 bits per heavy atom. The highest BCUT2D eigenvalue weighted by Crippen LogP contribution is 2.35. The summed E-state index contributed by atoms with van der Waals surface area (Å²) in [5.41, 5.74) is 8.64. The van der Waals surface area contributed by atoms with E-state index in [1.54, 1.807) is 6.08 Å². The van der Waals surface area contributed by atoms with Crippen LogP contribution in [-0.2, 0) is 4.79 Å². The zero-order valence-electron chi connectivity index (χ0n) is 23.7. The van der Waals surface area contributed by atoms with Crippen molar-refractivity contribution in [2.45, 2.75) is 57.7 Å². The number of amides is 1. The van der Waals surface area contributed by atoms with Gasteiger partial charge in [-0.05, 0) is 69.5 Å². The van der Waals surface area contributed by atoms with Crippen LogP contribution in [0, 0.1) is 0 Å². The van der Waals surface area contributed by atoms with Crippen molar-refractivity contribution in [2.75, 3.05) is 25.4 Å². The van der Waals surface area contributed by atoms with E-state index in [0.29, 0.717) is 36.6 Å². The van der Waals surface area contributed by atoms with Crippen molar-refractivity contribution in [1.29, 1.82) is 0 Å². The van der Waals surface area contributed by atoms with Crippen LogP contribution >= 0.6 is 0 Å². The summed E-state index contributed by atoms with van der Waals surface area (Å²) in [7, 11) is 0. The summed E-state index contributed by atoms with van der Waals surface area (Å²) in [5.74, 6) is 1.94. The van der Waals surface area contributed by atoms with Gasteiger partial charge in [0, 0.05) is 43.4 Å². The molecule has 1 atom stereocenters. The monoisotopic (exact) mass is 551 g/mol. The fraction of sp³-hybridized carbons (Fsp3) is 0.375. The lowest BCUT2D eigenvalue weighted by molar-refractivity contribution is -0.125. The van der Waals surface area contributed by atoms with Crippen molar-refractivity contribution in [3.05, 3.63) is 73.1 Å². The van der Waals surface area contributed by atoms with Crippen LogP contribution in [0.2, 0.25) is 0 Å². The summed E-state index contributed by atoms with van der Waals surface area (Å²) < 4.78 is 7.88. The van der Waals surface area contributed by atoms with Crippen molar-refractivity contribution in [1.82, 2.24) is 29.5 Å². The molecule has 9 nitrogen and oxygen atoms in total. The number of para-hydroxylation sites is 1. The predicted octanol–water partition coefficient (Wildman–Crippen LogP) is 5.46.